The van der Waals surface area contributed by atoms with Gasteiger partial charge in [-0.3, -0.25) is 14.8 Å². The summed E-state index contributed by atoms with van der Waals surface area (Å²) in [5.41, 5.74) is 0.189. The lowest BCUT2D eigenvalue weighted by Crippen LogP contribution is -2.11. The summed E-state index contributed by atoms with van der Waals surface area (Å²) in [7, 11) is 5.38. The Morgan fingerprint density at radius 3 is 2.79 bits per heavy atom. The minimum Gasteiger partial charge on any atom is -0.396 e. The van der Waals surface area contributed by atoms with Gasteiger partial charge in [0.15, 0.2) is 7.85 Å². The van der Waals surface area contributed by atoms with Crippen molar-refractivity contribution in [3.63, 3.8) is 0 Å². The fourth-order valence-electron chi connectivity index (χ4n) is 1.22. The number of nitrogens with zero attached hydrogens (tertiary/aromatic N) is 3. The van der Waals surface area contributed by atoms with Crippen LogP contribution in [-0.2, 0) is 6.54 Å². The average molecular weight is 195 g/mol. The summed E-state index contributed by atoms with van der Waals surface area (Å²) in [5.74, 6) is 0. The van der Waals surface area contributed by atoms with E-state index in [0.29, 0.717) is 18.7 Å². The Morgan fingerprint density at radius 1 is 1.71 bits per heavy atom. The zero-order valence-corrected chi connectivity index (χ0v) is 7.80. The number of aryl methyl sites for hydroxylation is 1. The molecule has 0 aliphatic rings. The summed E-state index contributed by atoms with van der Waals surface area (Å²) in [5, 5.41) is 23.0. The molecule has 1 rings (SSSR count). The highest BCUT2D eigenvalue weighted by molar-refractivity contribution is 6.33. The molecule has 74 valence electrons. The molecule has 0 amide bonds. The van der Waals surface area contributed by atoms with Crippen LogP contribution in [0.25, 0.3) is 0 Å². The second-order valence-corrected chi connectivity index (χ2v) is 2.88. The molecule has 0 atom stereocenters. The molecular weight excluding hydrogens is 185 g/mol. The Balaban J connectivity index is 2.98. The van der Waals surface area contributed by atoms with Crippen molar-refractivity contribution in [1.82, 2.24) is 9.78 Å². The molecule has 0 spiro atoms. The maximum atomic E-state index is 10.6. The molecule has 1 aromatic rings. The maximum absolute atomic E-state index is 10.6. The predicted octanol–water partition coefficient (Wildman–Crippen LogP) is -0.724. The molecule has 0 saturated carbocycles. The molecule has 1 aromatic heterocycles. The van der Waals surface area contributed by atoms with Gasteiger partial charge < -0.3 is 5.11 Å². The Hall–Kier alpha value is -1.37. The lowest BCUT2D eigenvalue weighted by Gasteiger charge is -2.00. The molecule has 1 N–H and O–H groups in total. The Kier molecular flexibility index (Phi) is 3.24. The van der Waals surface area contributed by atoms with Gasteiger partial charge in [0.05, 0.1) is 10.5 Å². The highest BCUT2D eigenvalue weighted by Crippen LogP contribution is 2.13. The molecule has 14 heavy (non-hydrogen) atoms. The largest absolute Gasteiger partial charge is 0.396 e. The molecular formula is C7H10BN3O3. The molecule has 0 aliphatic carbocycles. The number of rotatable bonds is 4. The summed E-state index contributed by atoms with van der Waals surface area (Å²) in [6, 6.07) is 0. The normalized spacial score (nSPS) is 10.4. The van der Waals surface area contributed by atoms with E-state index in [1.165, 1.54) is 4.68 Å². The first-order valence-electron chi connectivity index (χ1n) is 4.16. The third-order valence-electron chi connectivity index (χ3n) is 1.91. The fourth-order valence-corrected chi connectivity index (χ4v) is 1.22. The molecule has 7 heteroatoms. The molecule has 2 radical (unpaired) electrons. The van der Waals surface area contributed by atoms with Crippen LogP contribution in [0.5, 0.6) is 0 Å². The van der Waals surface area contributed by atoms with Gasteiger partial charge in [0, 0.05) is 13.2 Å². The van der Waals surface area contributed by atoms with Gasteiger partial charge in [-0.2, -0.15) is 5.10 Å². The van der Waals surface area contributed by atoms with Crippen molar-refractivity contribution >= 4 is 19.1 Å². The second-order valence-electron chi connectivity index (χ2n) is 2.88. The third-order valence-corrected chi connectivity index (χ3v) is 1.91. The van der Waals surface area contributed by atoms with Gasteiger partial charge in [0.2, 0.25) is 0 Å². The van der Waals surface area contributed by atoms with Gasteiger partial charge in [-0.25, -0.2) is 0 Å². The zero-order chi connectivity index (χ0) is 10.7. The number of aromatic nitrogens is 2. The number of hydrogen-bond acceptors (Lipinski definition) is 4. The van der Waals surface area contributed by atoms with E-state index >= 15 is 0 Å². The number of aliphatic hydroxyl groups excluding tert-OH is 1. The third kappa shape index (κ3) is 1.93. The van der Waals surface area contributed by atoms with Crippen molar-refractivity contribution < 1.29 is 10.0 Å². The molecule has 0 aliphatic heterocycles. The summed E-state index contributed by atoms with van der Waals surface area (Å²) in [6.45, 7) is 2.03. The molecule has 6 nitrogen and oxygen atoms in total. The van der Waals surface area contributed by atoms with Crippen LogP contribution in [0.1, 0.15) is 12.1 Å². The maximum Gasteiger partial charge on any atom is 0.302 e. The van der Waals surface area contributed by atoms with E-state index in [1.807, 2.05) is 0 Å². The van der Waals surface area contributed by atoms with Gasteiger partial charge in [-0.05, 0) is 13.3 Å². The lowest BCUT2D eigenvalue weighted by molar-refractivity contribution is -0.384. The van der Waals surface area contributed by atoms with Crippen molar-refractivity contribution in [1.29, 1.82) is 0 Å². The Labute approximate surface area is 82.1 Å². The van der Waals surface area contributed by atoms with Crippen molar-refractivity contribution in [2.75, 3.05) is 6.61 Å². The molecule has 0 saturated heterocycles. The average Bonchev–Trinajstić information content (AvgIpc) is 2.38. The standard InChI is InChI=1S/C7H10BN3O3/c1-5-6(11(13)14)7(8)9-10(5)3-2-4-12/h12H,2-4H2,1H3. The van der Waals surface area contributed by atoms with E-state index in [-0.39, 0.29) is 17.9 Å². The summed E-state index contributed by atoms with van der Waals surface area (Å²) in [4.78, 5) is 10.0. The van der Waals surface area contributed by atoms with E-state index in [1.54, 1.807) is 6.92 Å². The SMILES string of the molecule is [B]c1nn(CCCO)c(C)c1[N+](=O)[O-]. The number of nitro groups is 1. The van der Waals surface area contributed by atoms with Crippen LogP contribution < -0.4 is 5.59 Å². The molecule has 1 heterocycles. The van der Waals surface area contributed by atoms with E-state index < -0.39 is 4.92 Å². The molecule has 0 aromatic carbocycles. The van der Waals surface area contributed by atoms with Crippen molar-refractivity contribution in [3.05, 3.63) is 15.8 Å². The first kappa shape index (κ1) is 10.7. The van der Waals surface area contributed by atoms with E-state index in [0.717, 1.165) is 0 Å². The van der Waals surface area contributed by atoms with Gasteiger partial charge in [-0.1, -0.05) is 0 Å². The highest BCUT2D eigenvalue weighted by Gasteiger charge is 2.20. The molecule has 0 unspecified atom stereocenters. The quantitative estimate of drug-likeness (QED) is 0.390. The zero-order valence-electron chi connectivity index (χ0n) is 7.80. The van der Waals surface area contributed by atoms with Gasteiger partial charge >= 0.3 is 5.69 Å². The van der Waals surface area contributed by atoms with Crippen LogP contribution in [0.3, 0.4) is 0 Å². The van der Waals surface area contributed by atoms with Gasteiger partial charge in [0.1, 0.15) is 5.69 Å². The van der Waals surface area contributed by atoms with Gasteiger partial charge in [0.25, 0.3) is 0 Å². The number of hydrogen-bond donors (Lipinski definition) is 1. The predicted molar refractivity (Wildman–Crippen MR) is 50.7 cm³/mol. The topological polar surface area (TPSA) is 81.2 Å². The van der Waals surface area contributed by atoms with E-state index in [9.17, 15) is 10.1 Å². The first-order chi connectivity index (χ1) is 6.57. The van der Waals surface area contributed by atoms with Crippen molar-refractivity contribution in [3.8, 4) is 0 Å². The lowest BCUT2D eigenvalue weighted by atomic mass is 10.0. The Bertz CT molecular complexity index is 350. The van der Waals surface area contributed by atoms with Crippen LogP contribution in [0.4, 0.5) is 5.69 Å². The van der Waals surface area contributed by atoms with Crippen molar-refractivity contribution in [2.24, 2.45) is 0 Å². The summed E-state index contributed by atoms with van der Waals surface area (Å²) >= 11 is 0. The minimum absolute atomic E-state index is 0.0208. The fraction of sp³-hybridized carbons (Fsp3) is 0.571. The minimum atomic E-state index is -0.548. The summed E-state index contributed by atoms with van der Waals surface area (Å²) < 4.78 is 1.43. The second kappa shape index (κ2) is 4.23. The van der Waals surface area contributed by atoms with Crippen molar-refractivity contribution in [2.45, 2.75) is 19.9 Å². The van der Waals surface area contributed by atoms with E-state index in [4.69, 9.17) is 13.0 Å². The van der Waals surface area contributed by atoms with Crippen LogP contribution >= 0.6 is 0 Å². The van der Waals surface area contributed by atoms with Crippen LogP contribution in [0, 0.1) is 17.0 Å². The van der Waals surface area contributed by atoms with E-state index in [2.05, 4.69) is 5.10 Å². The monoisotopic (exact) mass is 195 g/mol. The first-order valence-corrected chi connectivity index (χ1v) is 4.16. The number of aliphatic hydroxyl groups is 1. The summed E-state index contributed by atoms with van der Waals surface area (Å²) in [6.07, 6.45) is 0.499. The van der Waals surface area contributed by atoms with Crippen LogP contribution in [-0.4, -0.2) is 34.3 Å². The van der Waals surface area contributed by atoms with Crippen LogP contribution in [0.2, 0.25) is 0 Å². The highest BCUT2D eigenvalue weighted by atomic mass is 16.6. The van der Waals surface area contributed by atoms with Crippen LogP contribution in [0.15, 0.2) is 0 Å². The smallest absolute Gasteiger partial charge is 0.302 e. The molecule has 0 fully saturated rings. The van der Waals surface area contributed by atoms with Gasteiger partial charge in [-0.15, -0.1) is 0 Å². The Morgan fingerprint density at radius 2 is 2.36 bits per heavy atom. The molecule has 0 bridgehead atoms.